The highest BCUT2D eigenvalue weighted by molar-refractivity contribution is 6.02. The Morgan fingerprint density at radius 3 is 2.68 bits per heavy atom. The number of methoxy groups -OCH3 is 1. The van der Waals surface area contributed by atoms with Crippen LogP contribution in [0.15, 0.2) is 48.5 Å². The summed E-state index contributed by atoms with van der Waals surface area (Å²) in [5.41, 5.74) is 5.01. The molecule has 8 heteroatoms. The van der Waals surface area contributed by atoms with Gasteiger partial charge in [0.1, 0.15) is 6.17 Å². The lowest BCUT2D eigenvalue weighted by molar-refractivity contribution is -0.140. The normalized spacial score (nSPS) is 16.6. The SMILES string of the molecule is COC(=O)CCNC(=O)CCn1c2c(c3ccccc31)CCN1C(=O)c3ccccc3N(C)C21. The first-order valence-corrected chi connectivity index (χ1v) is 11.6. The van der Waals surface area contributed by atoms with Crippen molar-refractivity contribution in [1.29, 1.82) is 0 Å². The van der Waals surface area contributed by atoms with Gasteiger partial charge in [-0.3, -0.25) is 14.4 Å². The topological polar surface area (TPSA) is 83.9 Å². The molecule has 1 N–H and O–H groups in total. The number of ether oxygens (including phenoxy) is 1. The number of anilines is 1. The van der Waals surface area contributed by atoms with Crippen LogP contribution in [0.25, 0.3) is 10.9 Å². The Morgan fingerprint density at radius 2 is 1.85 bits per heavy atom. The van der Waals surface area contributed by atoms with Crippen molar-refractivity contribution in [1.82, 2.24) is 14.8 Å². The minimum atomic E-state index is -0.351. The third-order valence-electron chi connectivity index (χ3n) is 6.85. The van der Waals surface area contributed by atoms with Crippen LogP contribution in [0.4, 0.5) is 5.69 Å². The van der Waals surface area contributed by atoms with E-state index < -0.39 is 0 Å². The van der Waals surface area contributed by atoms with E-state index in [1.807, 2.05) is 48.3 Å². The van der Waals surface area contributed by atoms with Crippen LogP contribution in [0, 0.1) is 0 Å². The second-order valence-electron chi connectivity index (χ2n) is 8.71. The Bertz CT molecular complexity index is 1280. The zero-order valence-corrected chi connectivity index (χ0v) is 19.4. The van der Waals surface area contributed by atoms with Gasteiger partial charge in [-0.25, -0.2) is 0 Å². The minimum absolute atomic E-state index is 0.0432. The lowest BCUT2D eigenvalue weighted by Crippen LogP contribution is -2.51. The number of fused-ring (bicyclic) bond motifs is 6. The largest absolute Gasteiger partial charge is 0.469 e. The molecule has 34 heavy (non-hydrogen) atoms. The van der Waals surface area contributed by atoms with Crippen molar-refractivity contribution in [2.45, 2.75) is 32.0 Å². The van der Waals surface area contributed by atoms with Crippen molar-refractivity contribution < 1.29 is 19.1 Å². The van der Waals surface area contributed by atoms with Gasteiger partial charge in [-0.05, 0) is 30.2 Å². The van der Waals surface area contributed by atoms with E-state index >= 15 is 0 Å². The highest BCUT2D eigenvalue weighted by atomic mass is 16.5. The van der Waals surface area contributed by atoms with Crippen molar-refractivity contribution in [3.63, 3.8) is 0 Å². The summed E-state index contributed by atoms with van der Waals surface area (Å²) in [5.74, 6) is -0.431. The third-order valence-corrected chi connectivity index (χ3v) is 6.85. The van der Waals surface area contributed by atoms with Crippen LogP contribution in [0.2, 0.25) is 0 Å². The van der Waals surface area contributed by atoms with E-state index in [0.717, 1.165) is 28.9 Å². The molecule has 2 amide bonds. The molecular weight excluding hydrogens is 432 g/mol. The highest BCUT2D eigenvalue weighted by Gasteiger charge is 2.42. The average Bonchev–Trinajstić information content (AvgIpc) is 3.19. The predicted molar refractivity (Wildman–Crippen MR) is 129 cm³/mol. The fourth-order valence-electron chi connectivity index (χ4n) is 5.26. The van der Waals surface area contributed by atoms with E-state index in [4.69, 9.17) is 0 Å². The Balaban J connectivity index is 1.49. The Labute approximate surface area is 198 Å². The Hall–Kier alpha value is -3.81. The first kappa shape index (κ1) is 22.0. The first-order valence-electron chi connectivity index (χ1n) is 11.6. The molecule has 8 nitrogen and oxygen atoms in total. The third kappa shape index (κ3) is 3.59. The summed E-state index contributed by atoms with van der Waals surface area (Å²) < 4.78 is 6.82. The van der Waals surface area contributed by atoms with Gasteiger partial charge >= 0.3 is 5.97 Å². The van der Waals surface area contributed by atoms with E-state index in [9.17, 15) is 14.4 Å². The Kier molecular flexibility index (Phi) is 5.73. The number of aromatic nitrogens is 1. The van der Waals surface area contributed by atoms with Gasteiger partial charge in [-0.15, -0.1) is 0 Å². The van der Waals surface area contributed by atoms with E-state index in [1.54, 1.807) is 0 Å². The number of hydrogen-bond acceptors (Lipinski definition) is 5. The maximum absolute atomic E-state index is 13.4. The fraction of sp³-hybridized carbons (Fsp3) is 0.346. The summed E-state index contributed by atoms with van der Waals surface area (Å²) >= 11 is 0. The number of hydrogen-bond donors (Lipinski definition) is 1. The summed E-state index contributed by atoms with van der Waals surface area (Å²) in [4.78, 5) is 41.3. The highest BCUT2D eigenvalue weighted by Crippen LogP contribution is 2.44. The lowest BCUT2D eigenvalue weighted by Gasteiger charge is -2.46. The van der Waals surface area contributed by atoms with Gasteiger partial charge in [0.05, 0.1) is 30.5 Å². The smallest absolute Gasteiger partial charge is 0.307 e. The molecule has 1 aromatic heterocycles. The molecule has 0 fully saturated rings. The van der Waals surface area contributed by atoms with Crippen LogP contribution in [-0.4, -0.2) is 54.5 Å². The van der Waals surface area contributed by atoms with Gasteiger partial charge in [-0.2, -0.15) is 0 Å². The van der Waals surface area contributed by atoms with Gasteiger partial charge in [0, 0.05) is 44.0 Å². The number of carbonyl (C=O) groups is 3. The number of amides is 2. The minimum Gasteiger partial charge on any atom is -0.469 e. The van der Waals surface area contributed by atoms with Crippen molar-refractivity contribution in [3.05, 3.63) is 65.4 Å². The maximum Gasteiger partial charge on any atom is 0.307 e. The predicted octanol–water partition coefficient (Wildman–Crippen LogP) is 2.86. The number of benzene rings is 2. The molecule has 0 saturated heterocycles. The van der Waals surface area contributed by atoms with Crippen LogP contribution >= 0.6 is 0 Å². The number of carbonyl (C=O) groups excluding carboxylic acids is 3. The van der Waals surface area contributed by atoms with Crippen molar-refractivity contribution in [3.8, 4) is 0 Å². The van der Waals surface area contributed by atoms with Crippen molar-refractivity contribution in [2.75, 3.05) is 32.1 Å². The van der Waals surface area contributed by atoms with Crippen LogP contribution < -0.4 is 10.2 Å². The molecule has 1 unspecified atom stereocenters. The number of esters is 1. The first-order chi connectivity index (χ1) is 16.5. The molecule has 1 atom stereocenters. The molecule has 3 heterocycles. The summed E-state index contributed by atoms with van der Waals surface area (Å²) in [6, 6.07) is 16.0. The van der Waals surface area contributed by atoms with E-state index in [-0.39, 0.29) is 43.3 Å². The molecule has 5 rings (SSSR count). The number of aryl methyl sites for hydroxylation is 1. The van der Waals surface area contributed by atoms with Crippen molar-refractivity contribution in [2.24, 2.45) is 0 Å². The van der Waals surface area contributed by atoms with Crippen molar-refractivity contribution >= 4 is 34.4 Å². The molecule has 0 spiro atoms. The molecule has 2 aliphatic rings. The number of nitrogens with one attached hydrogen (secondary N) is 1. The second-order valence-corrected chi connectivity index (χ2v) is 8.71. The zero-order valence-electron chi connectivity index (χ0n) is 19.4. The maximum atomic E-state index is 13.4. The molecule has 2 aromatic carbocycles. The van der Waals surface area contributed by atoms with Crippen LogP contribution in [0.1, 0.15) is 40.6 Å². The molecule has 3 aromatic rings. The number of nitrogens with zero attached hydrogens (tertiary/aromatic N) is 3. The summed E-state index contributed by atoms with van der Waals surface area (Å²) in [6.07, 6.45) is 0.952. The standard InChI is InChI=1S/C26H28N4O4/c1-28-20-9-5-4-8-19(20)26(33)30-15-12-18-17-7-3-6-10-21(17)29(24(18)25(28)30)16-13-22(31)27-14-11-23(32)34-2/h3-10,25H,11-16H2,1-2H3,(H,27,31). The van der Waals surface area contributed by atoms with E-state index in [0.29, 0.717) is 13.1 Å². The van der Waals surface area contributed by atoms with Gasteiger partial charge in [0.2, 0.25) is 5.91 Å². The van der Waals surface area contributed by atoms with Crippen LogP contribution in [-0.2, 0) is 27.3 Å². The molecule has 0 saturated carbocycles. The average molecular weight is 461 g/mol. The van der Waals surface area contributed by atoms with E-state index in [1.165, 1.54) is 18.1 Å². The van der Waals surface area contributed by atoms with Gasteiger partial charge in [0.25, 0.3) is 5.91 Å². The molecule has 0 aliphatic carbocycles. The second kappa shape index (κ2) is 8.85. The number of rotatable bonds is 6. The quantitative estimate of drug-likeness (QED) is 0.572. The summed E-state index contributed by atoms with van der Waals surface area (Å²) in [7, 11) is 3.36. The Morgan fingerprint density at radius 1 is 1.09 bits per heavy atom. The monoisotopic (exact) mass is 460 g/mol. The molecule has 2 aliphatic heterocycles. The van der Waals surface area contributed by atoms with Crippen LogP contribution in [0.5, 0.6) is 0 Å². The zero-order chi connectivity index (χ0) is 23.8. The van der Waals surface area contributed by atoms with Crippen LogP contribution in [0.3, 0.4) is 0 Å². The van der Waals surface area contributed by atoms with Gasteiger partial charge in [0.15, 0.2) is 0 Å². The molecule has 0 radical (unpaired) electrons. The van der Waals surface area contributed by atoms with Gasteiger partial charge in [-0.1, -0.05) is 30.3 Å². The molecule has 176 valence electrons. The summed E-state index contributed by atoms with van der Waals surface area (Å²) in [5, 5.41) is 3.96. The molecule has 0 bridgehead atoms. The number of para-hydroxylation sites is 2. The summed E-state index contributed by atoms with van der Waals surface area (Å²) in [6.45, 7) is 1.38. The molecular formula is C26H28N4O4. The fourth-order valence-corrected chi connectivity index (χ4v) is 5.26. The van der Waals surface area contributed by atoms with E-state index in [2.05, 4.69) is 31.7 Å². The lowest BCUT2D eigenvalue weighted by atomic mass is 9.96. The van der Waals surface area contributed by atoms with Gasteiger partial charge < -0.3 is 24.4 Å².